The fourth-order valence-corrected chi connectivity index (χ4v) is 5.72. The van der Waals surface area contributed by atoms with E-state index in [2.05, 4.69) is 57.2 Å². The minimum Gasteiger partial charge on any atom is -0.344 e. The first-order valence-electron chi connectivity index (χ1n) is 11.2. The second-order valence-electron chi connectivity index (χ2n) is 8.99. The molecule has 164 valence electrons. The van der Waals surface area contributed by atoms with Crippen molar-refractivity contribution in [2.75, 3.05) is 0 Å². The van der Waals surface area contributed by atoms with Crippen molar-refractivity contribution in [1.82, 2.24) is 9.13 Å². The zero-order chi connectivity index (χ0) is 22.5. The summed E-state index contributed by atoms with van der Waals surface area (Å²) >= 11 is 3.48. The molecular formula is C27H23BrN3O2+. The van der Waals surface area contributed by atoms with Gasteiger partial charge in [-0.3, -0.25) is 9.59 Å². The molecule has 0 saturated carbocycles. The Bertz CT molecular complexity index is 1290. The zero-order valence-corrected chi connectivity index (χ0v) is 19.6. The molecule has 2 unspecified atom stereocenters. The normalized spacial score (nSPS) is 20.2. The Morgan fingerprint density at radius 2 is 1.36 bits per heavy atom. The molecule has 2 aliphatic rings. The third-order valence-corrected chi connectivity index (χ3v) is 7.60. The number of nitrogens with zero attached hydrogens (tertiary/aromatic N) is 3. The van der Waals surface area contributed by atoms with Gasteiger partial charge >= 0.3 is 0 Å². The van der Waals surface area contributed by atoms with E-state index < -0.39 is 0 Å². The average Bonchev–Trinajstić information content (AvgIpc) is 3.58. The molecule has 5 heterocycles. The highest BCUT2D eigenvalue weighted by atomic mass is 79.9. The lowest BCUT2D eigenvalue weighted by molar-refractivity contribution is -0.688. The molecule has 5 nitrogen and oxygen atoms in total. The molecule has 1 aromatic carbocycles. The van der Waals surface area contributed by atoms with Crippen molar-refractivity contribution in [2.45, 2.75) is 25.6 Å². The van der Waals surface area contributed by atoms with Crippen molar-refractivity contribution in [3.63, 3.8) is 0 Å². The van der Waals surface area contributed by atoms with Crippen LogP contribution < -0.4 is 4.57 Å². The number of hydrogen-bond acceptors (Lipinski definition) is 2. The van der Waals surface area contributed by atoms with Gasteiger partial charge in [-0.1, -0.05) is 28.1 Å². The molecule has 0 N–H and O–H groups in total. The van der Waals surface area contributed by atoms with Crippen molar-refractivity contribution in [2.24, 2.45) is 11.8 Å². The first-order chi connectivity index (χ1) is 16.1. The van der Waals surface area contributed by atoms with E-state index in [0.29, 0.717) is 13.1 Å². The fourth-order valence-electron chi connectivity index (χ4n) is 5.46. The van der Waals surface area contributed by atoms with Gasteiger partial charge in [-0.15, -0.1) is 0 Å². The van der Waals surface area contributed by atoms with E-state index in [9.17, 15) is 9.59 Å². The Morgan fingerprint density at radius 3 is 1.88 bits per heavy atom. The van der Waals surface area contributed by atoms with Crippen LogP contribution in [0.4, 0.5) is 0 Å². The van der Waals surface area contributed by atoms with Crippen LogP contribution in [0.1, 0.15) is 38.0 Å². The van der Waals surface area contributed by atoms with Gasteiger partial charge in [0.2, 0.25) is 0 Å². The summed E-state index contributed by atoms with van der Waals surface area (Å²) in [5.41, 5.74) is 3.76. The van der Waals surface area contributed by atoms with Crippen LogP contribution >= 0.6 is 15.9 Å². The molecule has 0 fully saturated rings. The van der Waals surface area contributed by atoms with Crippen molar-refractivity contribution in [1.29, 1.82) is 0 Å². The average molecular weight is 501 g/mol. The van der Waals surface area contributed by atoms with Crippen LogP contribution in [0.25, 0.3) is 0 Å². The third-order valence-electron chi connectivity index (χ3n) is 7.07. The Labute approximate surface area is 200 Å². The fraction of sp³-hybridized carbons (Fsp3) is 0.222. The van der Waals surface area contributed by atoms with Crippen molar-refractivity contribution in [3.8, 4) is 0 Å². The maximum atomic E-state index is 13.3. The summed E-state index contributed by atoms with van der Waals surface area (Å²) in [7, 11) is 0. The molecule has 0 amide bonds. The van der Waals surface area contributed by atoms with Gasteiger partial charge in [0.15, 0.2) is 30.5 Å². The van der Waals surface area contributed by atoms with E-state index in [4.69, 9.17) is 0 Å². The molecular weight excluding hydrogens is 478 g/mol. The van der Waals surface area contributed by atoms with Gasteiger partial charge in [0.1, 0.15) is 0 Å². The standard InChI is InChI=1S/C27H23BrN3O2/c28-20-7-5-18(6-8-20)15-29-13-9-19(10-14-29)25(21-16-30-11-1-3-23(30)26(21)32)22-17-31-12-2-4-24(31)27(22)33/h1-14,21-22,25H,15-17H2/q+1. The Hall–Kier alpha value is -3.25. The first-order valence-corrected chi connectivity index (χ1v) is 12.0. The number of benzene rings is 1. The van der Waals surface area contributed by atoms with Crippen molar-refractivity contribution >= 4 is 27.5 Å². The maximum absolute atomic E-state index is 13.3. The molecule has 0 radical (unpaired) electrons. The number of aromatic nitrogens is 3. The number of halogens is 1. The quantitative estimate of drug-likeness (QED) is 0.379. The van der Waals surface area contributed by atoms with Gasteiger partial charge in [-0.2, -0.15) is 0 Å². The lowest BCUT2D eigenvalue weighted by atomic mass is 9.74. The summed E-state index contributed by atoms with van der Waals surface area (Å²) in [6, 6.07) is 20.1. The van der Waals surface area contributed by atoms with Gasteiger partial charge in [0, 0.05) is 65.4 Å². The number of fused-ring (bicyclic) bond motifs is 2. The van der Waals surface area contributed by atoms with Crippen LogP contribution in [0.3, 0.4) is 0 Å². The second kappa shape index (κ2) is 7.96. The van der Waals surface area contributed by atoms with Gasteiger partial charge in [-0.05, 0) is 42.0 Å². The second-order valence-corrected chi connectivity index (χ2v) is 9.90. The molecule has 33 heavy (non-hydrogen) atoms. The summed E-state index contributed by atoms with van der Waals surface area (Å²) in [5.74, 6) is -0.349. The topological polar surface area (TPSA) is 47.9 Å². The number of Topliss-reactive ketones (excluding diaryl/α,β-unsaturated/α-hetero) is 2. The predicted molar refractivity (Wildman–Crippen MR) is 127 cm³/mol. The molecule has 4 aromatic rings. The van der Waals surface area contributed by atoms with Crippen LogP contribution in [0.5, 0.6) is 0 Å². The van der Waals surface area contributed by atoms with E-state index in [0.717, 1.165) is 28.0 Å². The van der Waals surface area contributed by atoms with E-state index in [1.165, 1.54) is 5.56 Å². The van der Waals surface area contributed by atoms with Gasteiger partial charge < -0.3 is 9.13 Å². The van der Waals surface area contributed by atoms with Gasteiger partial charge in [0.25, 0.3) is 0 Å². The van der Waals surface area contributed by atoms with Gasteiger partial charge in [-0.25, -0.2) is 4.57 Å². The molecule has 2 aliphatic heterocycles. The molecule has 0 bridgehead atoms. The monoisotopic (exact) mass is 500 g/mol. The number of carbonyl (C=O) groups is 2. The van der Waals surface area contributed by atoms with Crippen molar-refractivity contribution in [3.05, 3.63) is 112 Å². The third kappa shape index (κ3) is 3.49. The molecule has 3 aromatic heterocycles. The van der Waals surface area contributed by atoms with E-state index >= 15 is 0 Å². The molecule has 0 aliphatic carbocycles. The van der Waals surface area contributed by atoms with E-state index in [-0.39, 0.29) is 29.3 Å². The minimum absolute atomic E-state index is 0.140. The number of rotatable bonds is 5. The van der Waals surface area contributed by atoms with Crippen LogP contribution in [0, 0.1) is 11.8 Å². The lowest BCUT2D eigenvalue weighted by Crippen LogP contribution is -2.35. The molecule has 6 rings (SSSR count). The largest absolute Gasteiger partial charge is 0.344 e. The number of pyridine rings is 1. The Kier molecular flexibility index (Phi) is 4.91. The number of ketones is 2. The highest BCUT2D eigenvalue weighted by Crippen LogP contribution is 2.42. The number of hydrogen-bond donors (Lipinski definition) is 0. The van der Waals surface area contributed by atoms with Crippen LogP contribution in [0.2, 0.25) is 0 Å². The first kappa shape index (κ1) is 20.4. The van der Waals surface area contributed by atoms with Gasteiger partial charge in [0.05, 0.1) is 11.4 Å². The summed E-state index contributed by atoms with van der Waals surface area (Å²) in [6.07, 6.45) is 8.04. The Morgan fingerprint density at radius 1 is 0.818 bits per heavy atom. The maximum Gasteiger partial charge on any atom is 0.184 e. The lowest BCUT2D eigenvalue weighted by Gasteiger charge is -2.27. The summed E-state index contributed by atoms with van der Waals surface area (Å²) in [4.78, 5) is 26.7. The predicted octanol–water partition coefficient (Wildman–Crippen LogP) is 4.50. The summed E-state index contributed by atoms with van der Waals surface area (Å²) in [6.45, 7) is 2.01. The summed E-state index contributed by atoms with van der Waals surface area (Å²) < 4.78 is 7.24. The Balaban J connectivity index is 1.33. The highest BCUT2D eigenvalue weighted by Gasteiger charge is 2.46. The van der Waals surface area contributed by atoms with E-state index in [1.54, 1.807) is 0 Å². The molecule has 2 atom stereocenters. The molecule has 6 heteroatoms. The van der Waals surface area contributed by atoms with Crippen LogP contribution in [0.15, 0.2) is 89.9 Å². The molecule has 0 saturated heterocycles. The SMILES string of the molecule is O=C1c2cccn2CC1C(c1cc[n+](Cc2ccc(Br)cc2)cc1)C1Cn2cccc2C1=O. The van der Waals surface area contributed by atoms with E-state index in [1.807, 2.05) is 57.9 Å². The molecule has 0 spiro atoms. The number of carbonyl (C=O) groups excluding carboxylic acids is 2. The summed E-state index contributed by atoms with van der Waals surface area (Å²) in [5, 5.41) is 0. The highest BCUT2D eigenvalue weighted by molar-refractivity contribution is 9.10. The van der Waals surface area contributed by atoms with Crippen LogP contribution in [-0.4, -0.2) is 20.7 Å². The zero-order valence-electron chi connectivity index (χ0n) is 18.0. The van der Waals surface area contributed by atoms with Crippen molar-refractivity contribution < 1.29 is 14.2 Å². The smallest absolute Gasteiger partial charge is 0.184 e. The van der Waals surface area contributed by atoms with Crippen LogP contribution in [-0.2, 0) is 19.6 Å². The minimum atomic E-state index is -0.234.